The Morgan fingerprint density at radius 3 is 2.80 bits per heavy atom. The molecule has 0 amide bonds. The number of carbonyl (C=O) groups is 1. The van der Waals surface area contributed by atoms with Crippen molar-refractivity contribution in [3.05, 3.63) is 22.7 Å². The van der Waals surface area contributed by atoms with Crippen LogP contribution in [0.5, 0.6) is 0 Å². The van der Waals surface area contributed by atoms with E-state index in [1.807, 2.05) is 0 Å². The molecule has 1 aliphatic heterocycles. The van der Waals surface area contributed by atoms with Crippen LogP contribution in [0.15, 0.2) is 27.6 Å². The minimum atomic E-state index is -3.61. The number of rotatable bonds is 3. The first-order valence-electron chi connectivity index (χ1n) is 5.99. The molecule has 0 saturated carbocycles. The number of hydrogen-bond acceptors (Lipinski definition) is 5. The standard InChI is InChI=1S/C12H15BrN2O4S/c1-19-12(16)8-4-5-15(7-8)20(17,18)9-2-3-11(14)10(13)6-9/h2-3,6,8H,4-5,7,14H2,1H3. The lowest BCUT2D eigenvalue weighted by Gasteiger charge is -2.16. The van der Waals surface area contributed by atoms with Crippen molar-refractivity contribution in [2.24, 2.45) is 5.92 Å². The fourth-order valence-corrected chi connectivity index (χ4v) is 4.18. The lowest BCUT2D eigenvalue weighted by molar-refractivity contribution is -0.144. The van der Waals surface area contributed by atoms with E-state index in [0.717, 1.165) is 0 Å². The molecule has 2 rings (SSSR count). The molecule has 0 bridgehead atoms. The van der Waals surface area contributed by atoms with Crippen LogP contribution < -0.4 is 5.73 Å². The molecule has 1 heterocycles. The van der Waals surface area contributed by atoms with Gasteiger partial charge < -0.3 is 10.5 Å². The topological polar surface area (TPSA) is 89.7 Å². The molecule has 6 nitrogen and oxygen atoms in total. The lowest BCUT2D eigenvalue weighted by Crippen LogP contribution is -2.30. The molecule has 1 aromatic rings. The summed E-state index contributed by atoms with van der Waals surface area (Å²) in [4.78, 5) is 11.6. The number of halogens is 1. The molecule has 0 spiro atoms. The summed E-state index contributed by atoms with van der Waals surface area (Å²) >= 11 is 3.21. The van der Waals surface area contributed by atoms with Crippen LogP contribution in [-0.2, 0) is 19.6 Å². The van der Waals surface area contributed by atoms with E-state index >= 15 is 0 Å². The second-order valence-corrected chi connectivity index (χ2v) is 7.35. The molecule has 0 aliphatic carbocycles. The molecule has 1 fully saturated rings. The van der Waals surface area contributed by atoms with Crippen molar-refractivity contribution in [1.29, 1.82) is 0 Å². The first kappa shape index (κ1) is 15.3. The van der Waals surface area contributed by atoms with Gasteiger partial charge in [-0.25, -0.2) is 8.42 Å². The maximum Gasteiger partial charge on any atom is 0.310 e. The smallest absolute Gasteiger partial charge is 0.310 e. The number of nitrogen functional groups attached to an aromatic ring is 1. The molecule has 20 heavy (non-hydrogen) atoms. The van der Waals surface area contributed by atoms with E-state index in [1.165, 1.54) is 29.6 Å². The first-order chi connectivity index (χ1) is 9.36. The zero-order chi connectivity index (χ0) is 14.9. The minimum absolute atomic E-state index is 0.150. The minimum Gasteiger partial charge on any atom is -0.469 e. The Morgan fingerprint density at radius 1 is 1.50 bits per heavy atom. The van der Waals surface area contributed by atoms with Crippen LogP contribution in [0.3, 0.4) is 0 Å². The summed E-state index contributed by atoms with van der Waals surface area (Å²) in [5, 5.41) is 0. The van der Waals surface area contributed by atoms with Crippen LogP contribution in [0.4, 0.5) is 5.69 Å². The highest BCUT2D eigenvalue weighted by molar-refractivity contribution is 9.10. The maximum absolute atomic E-state index is 12.5. The molecule has 2 N–H and O–H groups in total. The summed E-state index contributed by atoms with van der Waals surface area (Å²) in [5.41, 5.74) is 6.12. The number of ether oxygens (including phenoxy) is 1. The van der Waals surface area contributed by atoms with Crippen LogP contribution in [0.25, 0.3) is 0 Å². The SMILES string of the molecule is COC(=O)C1CCN(S(=O)(=O)c2ccc(N)c(Br)c2)C1. The number of nitrogens with zero attached hydrogens (tertiary/aromatic N) is 1. The molecular formula is C12H15BrN2O4S. The quantitative estimate of drug-likeness (QED) is 0.644. The van der Waals surface area contributed by atoms with E-state index in [1.54, 1.807) is 0 Å². The largest absolute Gasteiger partial charge is 0.469 e. The van der Waals surface area contributed by atoms with Gasteiger partial charge in [0.15, 0.2) is 0 Å². The first-order valence-corrected chi connectivity index (χ1v) is 8.22. The summed E-state index contributed by atoms with van der Waals surface area (Å²) in [6.07, 6.45) is 0.474. The molecular weight excluding hydrogens is 348 g/mol. The third-order valence-electron chi connectivity index (χ3n) is 3.30. The number of methoxy groups -OCH3 is 1. The van der Waals surface area contributed by atoms with Crippen molar-refractivity contribution in [3.63, 3.8) is 0 Å². The number of carbonyl (C=O) groups excluding carboxylic acids is 1. The van der Waals surface area contributed by atoms with E-state index in [9.17, 15) is 13.2 Å². The Balaban J connectivity index is 2.23. The lowest BCUT2D eigenvalue weighted by atomic mass is 10.1. The summed E-state index contributed by atoms with van der Waals surface area (Å²) in [6.45, 7) is 0.459. The monoisotopic (exact) mass is 362 g/mol. The maximum atomic E-state index is 12.5. The molecule has 0 aromatic heterocycles. The predicted molar refractivity (Wildman–Crippen MR) is 77.4 cm³/mol. The Bertz CT molecular complexity index is 632. The molecule has 1 aliphatic rings. The zero-order valence-corrected chi connectivity index (χ0v) is 13.3. The van der Waals surface area contributed by atoms with Crippen molar-refractivity contribution < 1.29 is 17.9 Å². The molecule has 110 valence electrons. The summed E-state index contributed by atoms with van der Waals surface area (Å²) in [5.74, 6) is -0.770. The van der Waals surface area contributed by atoms with E-state index < -0.39 is 15.9 Å². The second kappa shape index (κ2) is 5.71. The Morgan fingerprint density at radius 2 is 2.20 bits per heavy atom. The predicted octanol–water partition coefficient (Wildman–Crippen LogP) is 1.21. The molecule has 1 aromatic carbocycles. The molecule has 1 saturated heterocycles. The van der Waals surface area contributed by atoms with Gasteiger partial charge >= 0.3 is 5.97 Å². The number of nitrogens with two attached hydrogens (primary N) is 1. The molecule has 1 unspecified atom stereocenters. The van der Waals surface area contributed by atoms with Gasteiger partial charge in [-0.05, 0) is 40.5 Å². The van der Waals surface area contributed by atoms with Crippen LogP contribution in [0.1, 0.15) is 6.42 Å². The van der Waals surface area contributed by atoms with Gasteiger partial charge in [-0.3, -0.25) is 4.79 Å². The van der Waals surface area contributed by atoms with Crippen LogP contribution >= 0.6 is 15.9 Å². The third-order valence-corrected chi connectivity index (χ3v) is 5.84. The van der Waals surface area contributed by atoms with Gasteiger partial charge in [-0.1, -0.05) is 0 Å². The number of benzene rings is 1. The number of sulfonamides is 1. The zero-order valence-electron chi connectivity index (χ0n) is 10.9. The highest BCUT2D eigenvalue weighted by Gasteiger charge is 2.36. The Kier molecular flexibility index (Phi) is 4.36. The summed E-state index contributed by atoms with van der Waals surface area (Å²) in [6, 6.07) is 4.46. The van der Waals surface area contributed by atoms with Crippen molar-refractivity contribution in [1.82, 2.24) is 4.31 Å². The molecule has 0 radical (unpaired) electrons. The van der Waals surface area contributed by atoms with Crippen molar-refractivity contribution in [2.75, 3.05) is 25.9 Å². The second-order valence-electron chi connectivity index (χ2n) is 4.56. The fraction of sp³-hybridized carbons (Fsp3) is 0.417. The van der Waals surface area contributed by atoms with Gasteiger partial charge in [-0.2, -0.15) is 4.31 Å². The van der Waals surface area contributed by atoms with E-state index in [2.05, 4.69) is 20.7 Å². The Hall–Kier alpha value is -1.12. The summed E-state index contributed by atoms with van der Waals surface area (Å²) < 4.78 is 31.4. The van der Waals surface area contributed by atoms with Gasteiger partial charge in [0.05, 0.1) is 17.9 Å². The van der Waals surface area contributed by atoms with Gasteiger partial charge in [0.1, 0.15) is 0 Å². The third kappa shape index (κ3) is 2.82. The highest BCUT2D eigenvalue weighted by Crippen LogP contribution is 2.28. The average Bonchev–Trinajstić information content (AvgIpc) is 2.91. The van der Waals surface area contributed by atoms with Crippen molar-refractivity contribution >= 4 is 37.6 Å². The molecule has 1 atom stereocenters. The number of anilines is 1. The normalized spacial score (nSPS) is 20.0. The van der Waals surface area contributed by atoms with E-state index in [4.69, 9.17) is 5.73 Å². The Labute approximate surface area is 126 Å². The van der Waals surface area contributed by atoms with Crippen LogP contribution in [-0.4, -0.2) is 38.9 Å². The number of hydrogen-bond donors (Lipinski definition) is 1. The number of esters is 1. The van der Waals surface area contributed by atoms with Crippen LogP contribution in [0.2, 0.25) is 0 Å². The summed E-state index contributed by atoms with van der Waals surface area (Å²) in [7, 11) is -2.31. The van der Waals surface area contributed by atoms with Gasteiger partial charge in [0, 0.05) is 23.2 Å². The van der Waals surface area contributed by atoms with E-state index in [0.29, 0.717) is 23.1 Å². The molecule has 8 heteroatoms. The van der Waals surface area contributed by atoms with Gasteiger partial charge in [0.25, 0.3) is 0 Å². The van der Waals surface area contributed by atoms with E-state index in [-0.39, 0.29) is 17.4 Å². The van der Waals surface area contributed by atoms with Crippen LogP contribution in [0, 0.1) is 5.92 Å². The fourth-order valence-electron chi connectivity index (χ4n) is 2.12. The highest BCUT2D eigenvalue weighted by atomic mass is 79.9. The van der Waals surface area contributed by atoms with Crippen molar-refractivity contribution in [2.45, 2.75) is 11.3 Å². The van der Waals surface area contributed by atoms with Gasteiger partial charge in [-0.15, -0.1) is 0 Å². The van der Waals surface area contributed by atoms with Crippen molar-refractivity contribution in [3.8, 4) is 0 Å². The average molecular weight is 363 g/mol. The van der Waals surface area contributed by atoms with Gasteiger partial charge in [0.2, 0.25) is 10.0 Å².